The number of ether oxygens (including phenoxy) is 2. The van der Waals surface area contributed by atoms with E-state index >= 15 is 0 Å². The number of hydrogen-bond acceptors (Lipinski definition) is 4. The molecular formula is C15H19NO5. The second-order valence-electron chi connectivity index (χ2n) is 4.92. The number of carbonyl (C=O) groups is 2. The number of carboxylic acids is 1. The van der Waals surface area contributed by atoms with Crippen LogP contribution in [0.4, 0.5) is 0 Å². The Kier molecular flexibility index (Phi) is 5.43. The highest BCUT2D eigenvalue weighted by Gasteiger charge is 2.14. The van der Waals surface area contributed by atoms with E-state index in [1.54, 1.807) is 6.07 Å². The second-order valence-corrected chi connectivity index (χ2v) is 4.92. The third-order valence-corrected chi connectivity index (χ3v) is 3.19. The fraction of sp³-hybridized carbons (Fsp3) is 0.467. The van der Waals surface area contributed by atoms with Crippen LogP contribution in [-0.4, -0.2) is 30.3 Å². The highest BCUT2D eigenvalue weighted by atomic mass is 16.7. The van der Waals surface area contributed by atoms with Gasteiger partial charge >= 0.3 is 5.97 Å². The van der Waals surface area contributed by atoms with Gasteiger partial charge in [-0.05, 0) is 30.5 Å². The summed E-state index contributed by atoms with van der Waals surface area (Å²) < 4.78 is 10.5. The molecule has 1 aliphatic heterocycles. The summed E-state index contributed by atoms with van der Waals surface area (Å²) in [6.45, 7) is 0.796. The number of amides is 1. The van der Waals surface area contributed by atoms with Crippen LogP contribution in [0.5, 0.6) is 11.5 Å². The number of carbonyl (C=O) groups excluding carboxylic acids is 1. The Labute approximate surface area is 123 Å². The Bertz CT molecular complexity index is 515. The topological polar surface area (TPSA) is 84.9 Å². The summed E-state index contributed by atoms with van der Waals surface area (Å²) in [6, 6.07) is 5.46. The van der Waals surface area contributed by atoms with Crippen molar-refractivity contribution in [1.29, 1.82) is 0 Å². The molecule has 2 rings (SSSR count). The minimum absolute atomic E-state index is 0.0490. The van der Waals surface area contributed by atoms with E-state index in [-0.39, 0.29) is 19.1 Å². The second kappa shape index (κ2) is 7.52. The number of fused-ring (bicyclic) bond motifs is 1. The van der Waals surface area contributed by atoms with Crippen LogP contribution in [0, 0.1) is 0 Å². The van der Waals surface area contributed by atoms with Crippen molar-refractivity contribution < 1.29 is 24.2 Å². The maximum atomic E-state index is 11.8. The number of nitrogens with one attached hydrogen (secondary N) is 1. The van der Waals surface area contributed by atoms with E-state index in [4.69, 9.17) is 14.6 Å². The summed E-state index contributed by atoms with van der Waals surface area (Å²) in [5.41, 5.74) is 0.877. The van der Waals surface area contributed by atoms with Crippen LogP contribution in [0.1, 0.15) is 31.2 Å². The third-order valence-electron chi connectivity index (χ3n) is 3.19. The standard InChI is InChI=1S/C15H19NO5/c17-14(16-7-3-1-2-4-15(18)19)9-11-5-6-12-13(8-11)21-10-20-12/h5-6,8H,1-4,7,9-10H2,(H,16,17)(H,18,19). The van der Waals surface area contributed by atoms with Crippen molar-refractivity contribution in [3.8, 4) is 11.5 Å². The zero-order chi connectivity index (χ0) is 15.1. The van der Waals surface area contributed by atoms with Crippen LogP contribution in [-0.2, 0) is 16.0 Å². The predicted molar refractivity (Wildman–Crippen MR) is 75.4 cm³/mol. The van der Waals surface area contributed by atoms with E-state index in [9.17, 15) is 9.59 Å². The van der Waals surface area contributed by atoms with Crippen molar-refractivity contribution in [1.82, 2.24) is 5.32 Å². The van der Waals surface area contributed by atoms with Crippen LogP contribution in [0.3, 0.4) is 0 Å². The first kappa shape index (κ1) is 15.2. The zero-order valence-electron chi connectivity index (χ0n) is 11.8. The largest absolute Gasteiger partial charge is 0.481 e. The summed E-state index contributed by atoms with van der Waals surface area (Å²) in [4.78, 5) is 22.1. The first-order valence-corrected chi connectivity index (χ1v) is 7.02. The number of rotatable bonds is 8. The van der Waals surface area contributed by atoms with Crippen molar-refractivity contribution in [2.75, 3.05) is 13.3 Å². The predicted octanol–water partition coefficient (Wildman–Crippen LogP) is 1.72. The SMILES string of the molecule is O=C(O)CCCCCNC(=O)Cc1ccc2c(c1)OCO2. The average Bonchev–Trinajstić information content (AvgIpc) is 2.89. The highest BCUT2D eigenvalue weighted by Crippen LogP contribution is 2.32. The van der Waals surface area contributed by atoms with Gasteiger partial charge in [-0.3, -0.25) is 9.59 Å². The quantitative estimate of drug-likeness (QED) is 0.713. The number of aliphatic carboxylic acids is 1. The molecule has 6 heteroatoms. The average molecular weight is 293 g/mol. The highest BCUT2D eigenvalue weighted by molar-refractivity contribution is 5.78. The van der Waals surface area contributed by atoms with Gasteiger partial charge in [0.15, 0.2) is 11.5 Å². The van der Waals surface area contributed by atoms with Crippen molar-refractivity contribution in [2.24, 2.45) is 0 Å². The molecule has 0 saturated heterocycles. The van der Waals surface area contributed by atoms with Gasteiger partial charge in [-0.15, -0.1) is 0 Å². The maximum Gasteiger partial charge on any atom is 0.303 e. The van der Waals surface area contributed by atoms with Crippen LogP contribution in [0.2, 0.25) is 0 Å². The molecule has 21 heavy (non-hydrogen) atoms. The van der Waals surface area contributed by atoms with E-state index in [0.29, 0.717) is 30.9 Å². The molecule has 1 aromatic carbocycles. The number of benzene rings is 1. The molecule has 0 aromatic heterocycles. The Morgan fingerprint density at radius 3 is 2.76 bits per heavy atom. The van der Waals surface area contributed by atoms with Gasteiger partial charge in [0.2, 0.25) is 12.7 Å². The molecule has 0 unspecified atom stereocenters. The smallest absolute Gasteiger partial charge is 0.303 e. The molecule has 0 aliphatic carbocycles. The lowest BCUT2D eigenvalue weighted by molar-refractivity contribution is -0.137. The van der Waals surface area contributed by atoms with E-state index < -0.39 is 5.97 Å². The van der Waals surface area contributed by atoms with E-state index in [2.05, 4.69) is 5.32 Å². The molecular weight excluding hydrogens is 274 g/mol. The fourth-order valence-corrected chi connectivity index (χ4v) is 2.10. The molecule has 1 heterocycles. The monoisotopic (exact) mass is 293 g/mol. The first-order valence-electron chi connectivity index (χ1n) is 7.02. The van der Waals surface area contributed by atoms with Crippen molar-refractivity contribution in [3.05, 3.63) is 23.8 Å². The molecule has 0 spiro atoms. The minimum Gasteiger partial charge on any atom is -0.481 e. The number of carboxylic acid groups (broad SMARTS) is 1. The molecule has 1 amide bonds. The lowest BCUT2D eigenvalue weighted by Gasteiger charge is -2.06. The van der Waals surface area contributed by atoms with Crippen molar-refractivity contribution >= 4 is 11.9 Å². The van der Waals surface area contributed by atoms with Crippen LogP contribution in [0.25, 0.3) is 0 Å². The van der Waals surface area contributed by atoms with Gasteiger partial charge in [0.1, 0.15) is 0 Å². The molecule has 1 aromatic rings. The lowest BCUT2D eigenvalue weighted by atomic mass is 10.1. The maximum absolute atomic E-state index is 11.8. The summed E-state index contributed by atoms with van der Waals surface area (Å²) in [5, 5.41) is 11.3. The molecule has 1 aliphatic rings. The van der Waals surface area contributed by atoms with Gasteiger partial charge in [0, 0.05) is 13.0 Å². The lowest BCUT2D eigenvalue weighted by Crippen LogP contribution is -2.26. The van der Waals surface area contributed by atoms with Gasteiger partial charge in [-0.1, -0.05) is 12.5 Å². The number of unbranched alkanes of at least 4 members (excludes halogenated alkanes) is 2. The van der Waals surface area contributed by atoms with Gasteiger partial charge < -0.3 is 19.9 Å². The number of hydrogen-bond donors (Lipinski definition) is 2. The Morgan fingerprint density at radius 2 is 1.95 bits per heavy atom. The van der Waals surface area contributed by atoms with E-state index in [1.165, 1.54) is 0 Å². The Hall–Kier alpha value is -2.24. The molecule has 0 atom stereocenters. The van der Waals surface area contributed by atoms with Gasteiger partial charge in [0.05, 0.1) is 6.42 Å². The third kappa shape index (κ3) is 4.98. The Balaban J connectivity index is 1.64. The molecule has 0 bridgehead atoms. The summed E-state index contributed by atoms with van der Waals surface area (Å²) in [5.74, 6) is 0.556. The summed E-state index contributed by atoms with van der Waals surface area (Å²) >= 11 is 0. The zero-order valence-corrected chi connectivity index (χ0v) is 11.8. The van der Waals surface area contributed by atoms with Gasteiger partial charge in [-0.2, -0.15) is 0 Å². The van der Waals surface area contributed by atoms with Crippen LogP contribution < -0.4 is 14.8 Å². The fourth-order valence-electron chi connectivity index (χ4n) is 2.10. The van der Waals surface area contributed by atoms with Crippen molar-refractivity contribution in [3.63, 3.8) is 0 Å². The molecule has 0 radical (unpaired) electrons. The summed E-state index contributed by atoms with van der Waals surface area (Å²) in [7, 11) is 0. The van der Waals surface area contributed by atoms with Crippen LogP contribution >= 0.6 is 0 Å². The molecule has 114 valence electrons. The molecule has 2 N–H and O–H groups in total. The Morgan fingerprint density at radius 1 is 1.14 bits per heavy atom. The van der Waals surface area contributed by atoms with Crippen LogP contribution in [0.15, 0.2) is 18.2 Å². The van der Waals surface area contributed by atoms with E-state index in [1.807, 2.05) is 12.1 Å². The first-order chi connectivity index (χ1) is 10.1. The molecule has 0 fully saturated rings. The molecule has 0 saturated carbocycles. The normalized spacial score (nSPS) is 12.2. The van der Waals surface area contributed by atoms with Crippen molar-refractivity contribution in [2.45, 2.75) is 32.1 Å². The van der Waals surface area contributed by atoms with E-state index in [0.717, 1.165) is 18.4 Å². The minimum atomic E-state index is -0.776. The van der Waals surface area contributed by atoms with Gasteiger partial charge in [-0.25, -0.2) is 0 Å². The summed E-state index contributed by atoms with van der Waals surface area (Å²) in [6.07, 6.45) is 2.72. The molecule has 6 nitrogen and oxygen atoms in total. The van der Waals surface area contributed by atoms with Gasteiger partial charge in [0.25, 0.3) is 0 Å².